The molecule has 1 N–H and O–H groups in total. The van der Waals surface area contributed by atoms with Crippen molar-refractivity contribution in [3.8, 4) is 0 Å². The number of hydrogen-bond donors (Lipinski definition) is 1. The monoisotopic (exact) mass is 275 g/mol. The van der Waals surface area contributed by atoms with Crippen LogP contribution in [0.4, 0.5) is 11.5 Å². The van der Waals surface area contributed by atoms with Gasteiger partial charge in [-0.1, -0.05) is 50.1 Å². The van der Waals surface area contributed by atoms with Crippen molar-refractivity contribution in [2.75, 3.05) is 5.32 Å². The number of aromatic nitrogens is 2. The van der Waals surface area contributed by atoms with Gasteiger partial charge in [0.1, 0.15) is 16.8 Å². The van der Waals surface area contributed by atoms with E-state index in [1.807, 2.05) is 12.1 Å². The molecule has 1 heterocycles. The van der Waals surface area contributed by atoms with Crippen LogP contribution in [0.15, 0.2) is 30.3 Å². The van der Waals surface area contributed by atoms with Crippen LogP contribution in [0.1, 0.15) is 32.2 Å². The van der Waals surface area contributed by atoms with Crippen LogP contribution in [0.25, 0.3) is 0 Å². The highest BCUT2D eigenvalue weighted by Gasteiger charge is 2.18. The number of nitrogens with one attached hydrogen (secondary N) is 1. The lowest BCUT2D eigenvalue weighted by molar-refractivity contribution is 0.546. The molecule has 0 atom stereocenters. The van der Waals surface area contributed by atoms with Crippen LogP contribution >= 0.6 is 11.6 Å². The van der Waals surface area contributed by atoms with Gasteiger partial charge in [0, 0.05) is 17.2 Å². The zero-order valence-electron chi connectivity index (χ0n) is 11.7. The van der Waals surface area contributed by atoms with Gasteiger partial charge in [0.15, 0.2) is 0 Å². The summed E-state index contributed by atoms with van der Waals surface area (Å²) in [5, 5.41) is 3.70. The third-order valence-electron chi connectivity index (χ3n) is 2.69. The topological polar surface area (TPSA) is 37.8 Å². The predicted octanol–water partition coefficient (Wildman–Crippen LogP) is 4.48. The maximum Gasteiger partial charge on any atom is 0.137 e. The van der Waals surface area contributed by atoms with Crippen LogP contribution in [0.3, 0.4) is 0 Å². The average Bonchev–Trinajstić information content (AvgIpc) is 2.30. The van der Waals surface area contributed by atoms with E-state index in [0.29, 0.717) is 11.0 Å². The third kappa shape index (κ3) is 3.67. The standard InChI is InChI=1S/C15H18ClN3/c1-10-5-7-11(8-6-10)17-13-9-12(16)18-14(19-13)15(2,3)4/h5-9H,1-4H3,(H,17,18,19). The van der Waals surface area contributed by atoms with Crippen molar-refractivity contribution in [3.05, 3.63) is 46.9 Å². The molecule has 1 aromatic carbocycles. The molecule has 0 aliphatic heterocycles. The second-order valence-corrected chi connectivity index (χ2v) is 6.03. The zero-order chi connectivity index (χ0) is 14.0. The normalized spacial score (nSPS) is 11.4. The van der Waals surface area contributed by atoms with Crippen LogP contribution in [0.2, 0.25) is 5.15 Å². The van der Waals surface area contributed by atoms with Gasteiger partial charge in [0.25, 0.3) is 0 Å². The molecule has 3 nitrogen and oxygen atoms in total. The lowest BCUT2D eigenvalue weighted by Gasteiger charge is -2.17. The molecule has 4 heteroatoms. The van der Waals surface area contributed by atoms with Gasteiger partial charge in [-0.25, -0.2) is 9.97 Å². The van der Waals surface area contributed by atoms with E-state index in [0.717, 1.165) is 11.5 Å². The minimum Gasteiger partial charge on any atom is -0.340 e. The largest absolute Gasteiger partial charge is 0.340 e. The molecule has 2 rings (SSSR count). The Bertz CT molecular complexity index is 571. The maximum atomic E-state index is 6.06. The van der Waals surface area contributed by atoms with Gasteiger partial charge in [-0.15, -0.1) is 0 Å². The summed E-state index contributed by atoms with van der Waals surface area (Å²) in [5.41, 5.74) is 2.08. The molecular formula is C15H18ClN3. The summed E-state index contributed by atoms with van der Waals surface area (Å²) in [6, 6.07) is 9.87. The number of anilines is 2. The Morgan fingerprint density at radius 2 is 1.68 bits per heavy atom. The fourth-order valence-electron chi connectivity index (χ4n) is 1.60. The van der Waals surface area contributed by atoms with E-state index in [2.05, 4.69) is 55.1 Å². The summed E-state index contributed by atoms with van der Waals surface area (Å²) in [4.78, 5) is 8.79. The molecule has 0 fully saturated rings. The smallest absolute Gasteiger partial charge is 0.137 e. The fraction of sp³-hybridized carbons (Fsp3) is 0.333. The molecule has 0 radical (unpaired) electrons. The Labute approximate surface area is 119 Å². The fourth-order valence-corrected chi connectivity index (χ4v) is 1.79. The Morgan fingerprint density at radius 3 is 2.26 bits per heavy atom. The van der Waals surface area contributed by atoms with Crippen LogP contribution in [0.5, 0.6) is 0 Å². The van der Waals surface area contributed by atoms with Gasteiger partial charge in [0.2, 0.25) is 0 Å². The van der Waals surface area contributed by atoms with Crippen molar-refractivity contribution in [1.29, 1.82) is 0 Å². The first-order valence-corrected chi connectivity index (χ1v) is 6.61. The first-order valence-electron chi connectivity index (χ1n) is 6.23. The third-order valence-corrected chi connectivity index (χ3v) is 2.88. The molecule has 0 saturated heterocycles. The highest BCUT2D eigenvalue weighted by molar-refractivity contribution is 6.29. The van der Waals surface area contributed by atoms with E-state index in [4.69, 9.17) is 11.6 Å². The van der Waals surface area contributed by atoms with E-state index in [9.17, 15) is 0 Å². The summed E-state index contributed by atoms with van der Waals surface area (Å²) in [5.74, 6) is 1.45. The van der Waals surface area contributed by atoms with Crippen molar-refractivity contribution < 1.29 is 0 Å². The van der Waals surface area contributed by atoms with Crippen LogP contribution in [-0.4, -0.2) is 9.97 Å². The molecule has 0 aliphatic carbocycles. The predicted molar refractivity (Wildman–Crippen MR) is 80.2 cm³/mol. The second kappa shape index (κ2) is 5.17. The number of halogens is 1. The summed E-state index contributed by atoms with van der Waals surface area (Å²) >= 11 is 6.06. The van der Waals surface area contributed by atoms with Crippen LogP contribution < -0.4 is 5.32 Å². The van der Waals surface area contributed by atoms with E-state index >= 15 is 0 Å². The number of rotatable bonds is 2. The Morgan fingerprint density at radius 1 is 1.05 bits per heavy atom. The summed E-state index contributed by atoms with van der Waals surface area (Å²) in [6.07, 6.45) is 0. The van der Waals surface area contributed by atoms with Gasteiger partial charge in [-0.2, -0.15) is 0 Å². The second-order valence-electron chi connectivity index (χ2n) is 5.64. The van der Waals surface area contributed by atoms with Crippen LogP contribution in [-0.2, 0) is 5.41 Å². The van der Waals surface area contributed by atoms with Crippen LogP contribution in [0, 0.1) is 6.92 Å². The van der Waals surface area contributed by atoms with E-state index in [1.54, 1.807) is 6.07 Å². The molecule has 100 valence electrons. The molecule has 2 aromatic rings. The van der Waals surface area contributed by atoms with Crippen molar-refractivity contribution in [2.45, 2.75) is 33.1 Å². The maximum absolute atomic E-state index is 6.06. The highest BCUT2D eigenvalue weighted by atomic mass is 35.5. The lowest BCUT2D eigenvalue weighted by Crippen LogP contribution is -2.16. The first kappa shape index (κ1) is 13.8. The van der Waals surface area contributed by atoms with Crippen molar-refractivity contribution in [1.82, 2.24) is 9.97 Å². The molecule has 0 amide bonds. The Kier molecular flexibility index (Phi) is 3.76. The van der Waals surface area contributed by atoms with E-state index in [-0.39, 0.29) is 5.41 Å². The number of nitrogens with zero attached hydrogens (tertiary/aromatic N) is 2. The van der Waals surface area contributed by atoms with Crippen molar-refractivity contribution in [2.24, 2.45) is 0 Å². The van der Waals surface area contributed by atoms with Gasteiger partial charge in [-0.3, -0.25) is 0 Å². The van der Waals surface area contributed by atoms with Gasteiger partial charge in [-0.05, 0) is 19.1 Å². The highest BCUT2D eigenvalue weighted by Crippen LogP contribution is 2.24. The van der Waals surface area contributed by atoms with E-state index in [1.165, 1.54) is 5.56 Å². The SMILES string of the molecule is Cc1ccc(Nc2cc(Cl)nc(C(C)(C)C)n2)cc1. The number of hydrogen-bond acceptors (Lipinski definition) is 3. The minimum absolute atomic E-state index is 0.130. The number of aryl methyl sites for hydroxylation is 1. The molecule has 1 aromatic heterocycles. The van der Waals surface area contributed by atoms with Crippen molar-refractivity contribution >= 4 is 23.1 Å². The summed E-state index contributed by atoms with van der Waals surface area (Å²) < 4.78 is 0. The van der Waals surface area contributed by atoms with Crippen molar-refractivity contribution in [3.63, 3.8) is 0 Å². The summed E-state index contributed by atoms with van der Waals surface area (Å²) in [7, 11) is 0. The van der Waals surface area contributed by atoms with Gasteiger partial charge in [0.05, 0.1) is 0 Å². The molecule has 0 bridgehead atoms. The Hall–Kier alpha value is -1.61. The average molecular weight is 276 g/mol. The lowest BCUT2D eigenvalue weighted by atomic mass is 9.96. The van der Waals surface area contributed by atoms with E-state index < -0.39 is 0 Å². The van der Waals surface area contributed by atoms with Gasteiger partial charge < -0.3 is 5.32 Å². The Balaban J connectivity index is 2.30. The first-order chi connectivity index (χ1) is 8.84. The quantitative estimate of drug-likeness (QED) is 0.821. The zero-order valence-corrected chi connectivity index (χ0v) is 12.4. The molecule has 19 heavy (non-hydrogen) atoms. The molecular weight excluding hydrogens is 258 g/mol. The van der Waals surface area contributed by atoms with Gasteiger partial charge >= 0.3 is 0 Å². The summed E-state index contributed by atoms with van der Waals surface area (Å²) in [6.45, 7) is 8.25. The molecule has 0 saturated carbocycles. The minimum atomic E-state index is -0.130. The molecule has 0 aliphatic rings. The molecule has 0 spiro atoms. The number of benzene rings is 1. The molecule has 0 unspecified atom stereocenters.